The summed E-state index contributed by atoms with van der Waals surface area (Å²) in [6.07, 6.45) is -1.87. The van der Waals surface area contributed by atoms with Crippen LogP contribution < -0.4 is 26.4 Å². The molecule has 1 aromatic carbocycles. The number of ether oxygens (including phenoxy) is 1. The van der Waals surface area contributed by atoms with Gasteiger partial charge in [0.05, 0.1) is 36.0 Å². The van der Waals surface area contributed by atoms with Crippen LogP contribution in [-0.4, -0.2) is 84.0 Å². The van der Waals surface area contributed by atoms with Gasteiger partial charge in [-0.05, 0) is 36.5 Å². The first kappa shape index (κ1) is 34.2. The van der Waals surface area contributed by atoms with Gasteiger partial charge in [0.15, 0.2) is 23.0 Å². The Labute approximate surface area is 270 Å². The number of nitrogens with zero attached hydrogens (tertiary/aromatic N) is 6. The summed E-state index contributed by atoms with van der Waals surface area (Å²) in [5.41, 5.74) is 11.8. The van der Waals surface area contributed by atoms with Crippen LogP contribution in [0.25, 0.3) is 22.4 Å². The molecule has 1 aliphatic rings. The topological polar surface area (TPSA) is 208 Å². The van der Waals surface area contributed by atoms with Crippen LogP contribution in [-0.2, 0) is 11.3 Å². The van der Waals surface area contributed by atoms with Crippen molar-refractivity contribution >= 4 is 34.7 Å². The van der Waals surface area contributed by atoms with Crippen LogP contribution in [0.1, 0.15) is 32.3 Å². The van der Waals surface area contributed by atoms with Crippen LogP contribution in [0.4, 0.5) is 33.9 Å². The van der Waals surface area contributed by atoms with Crippen molar-refractivity contribution in [2.75, 3.05) is 23.7 Å². The summed E-state index contributed by atoms with van der Waals surface area (Å²) in [5, 5.41) is 21.6. The average molecular weight is 676 g/mol. The van der Waals surface area contributed by atoms with Crippen molar-refractivity contribution in [3.05, 3.63) is 54.2 Å². The van der Waals surface area contributed by atoms with Crippen molar-refractivity contribution in [2.24, 2.45) is 11.7 Å². The first-order chi connectivity index (χ1) is 22.7. The van der Waals surface area contributed by atoms with Gasteiger partial charge < -0.3 is 41.2 Å². The normalized spacial score (nSPS) is 17.9. The lowest BCUT2D eigenvalue weighted by Gasteiger charge is -2.44. The van der Waals surface area contributed by atoms with E-state index in [4.69, 9.17) is 16.2 Å². The van der Waals surface area contributed by atoms with Crippen molar-refractivity contribution in [2.45, 2.75) is 57.3 Å². The fourth-order valence-corrected chi connectivity index (χ4v) is 5.63. The Morgan fingerprint density at radius 1 is 1.12 bits per heavy atom. The van der Waals surface area contributed by atoms with E-state index in [0.717, 1.165) is 6.07 Å². The number of carbonyl (C=O) groups excluding carboxylic acids is 1. The molecule has 0 spiro atoms. The number of halogens is 4. The summed E-state index contributed by atoms with van der Waals surface area (Å²) >= 11 is 0. The predicted molar refractivity (Wildman–Crippen MR) is 164 cm³/mol. The number of aliphatic hydroxyl groups is 1. The molecule has 5 rings (SSSR count). The molecule has 0 bridgehead atoms. The van der Waals surface area contributed by atoms with Gasteiger partial charge in [0.2, 0.25) is 0 Å². The fourth-order valence-electron chi connectivity index (χ4n) is 5.63. The van der Waals surface area contributed by atoms with Crippen molar-refractivity contribution in [3.8, 4) is 17.0 Å². The average Bonchev–Trinajstić information content (AvgIpc) is 3.44. The number of hydrogen-bond donors (Lipinski definition) is 5. The molecule has 256 valence electrons. The van der Waals surface area contributed by atoms with Crippen molar-refractivity contribution in [3.63, 3.8) is 0 Å². The lowest BCUT2D eigenvalue weighted by Crippen LogP contribution is -2.63. The summed E-state index contributed by atoms with van der Waals surface area (Å²) in [6, 6.07) is 1.54. The Morgan fingerprint density at radius 2 is 1.88 bits per heavy atom. The Morgan fingerprint density at radius 3 is 2.56 bits per heavy atom. The number of aliphatic hydroxyl groups excluding tert-OH is 1. The molecule has 1 fully saturated rings. The molecule has 14 nitrogen and oxygen atoms in total. The maximum absolute atomic E-state index is 15.5. The molecule has 0 aliphatic carbocycles. The van der Waals surface area contributed by atoms with Crippen LogP contribution >= 0.6 is 0 Å². The summed E-state index contributed by atoms with van der Waals surface area (Å²) in [5.74, 6) is -4.66. The second kappa shape index (κ2) is 13.6. The molecule has 4 heterocycles. The molecule has 18 heteroatoms. The fraction of sp³-hybridized carbons (Fsp3) is 0.400. The lowest BCUT2D eigenvalue weighted by molar-refractivity contribution is -0.140. The van der Waals surface area contributed by atoms with Gasteiger partial charge in [0, 0.05) is 24.7 Å². The molecular formula is C30H33F4N9O5. The van der Waals surface area contributed by atoms with Gasteiger partial charge in [-0.1, -0.05) is 13.8 Å². The highest BCUT2D eigenvalue weighted by Gasteiger charge is 2.43. The second-order valence-corrected chi connectivity index (χ2v) is 11.9. The summed E-state index contributed by atoms with van der Waals surface area (Å²) < 4.78 is 64.2. The third-order valence-electron chi connectivity index (χ3n) is 8.17. The molecule has 0 unspecified atom stereocenters. The first-order valence-electron chi connectivity index (χ1n) is 14.8. The Kier molecular flexibility index (Phi) is 9.67. The summed E-state index contributed by atoms with van der Waals surface area (Å²) in [6.45, 7) is 3.35. The van der Waals surface area contributed by atoms with E-state index in [2.05, 4.69) is 25.3 Å². The molecule has 1 amide bonds. The first-order valence-corrected chi connectivity index (χ1v) is 14.8. The minimum absolute atomic E-state index is 0.0332. The van der Waals surface area contributed by atoms with E-state index in [1.165, 1.54) is 24.9 Å². The van der Waals surface area contributed by atoms with Gasteiger partial charge in [0.25, 0.3) is 6.43 Å². The molecule has 3 atom stereocenters. The van der Waals surface area contributed by atoms with Crippen LogP contribution in [0.3, 0.4) is 0 Å². The number of hydrogen-bond acceptors (Lipinski definition) is 11. The van der Waals surface area contributed by atoms with Crippen LogP contribution in [0.15, 0.2) is 37.1 Å². The Bertz CT molecular complexity index is 1840. The highest BCUT2D eigenvalue weighted by Crippen LogP contribution is 2.35. The van der Waals surface area contributed by atoms with Gasteiger partial charge in [-0.3, -0.25) is 4.98 Å². The zero-order valence-electron chi connectivity index (χ0n) is 25.8. The van der Waals surface area contributed by atoms with Gasteiger partial charge in [0.1, 0.15) is 29.8 Å². The highest BCUT2D eigenvalue weighted by molar-refractivity contribution is 5.82. The van der Waals surface area contributed by atoms with Crippen molar-refractivity contribution in [1.29, 1.82) is 0 Å². The van der Waals surface area contributed by atoms with Crippen LogP contribution in [0.5, 0.6) is 5.75 Å². The van der Waals surface area contributed by atoms with Gasteiger partial charge in [-0.25, -0.2) is 42.1 Å². The van der Waals surface area contributed by atoms with Gasteiger partial charge in [-0.15, -0.1) is 0 Å². The number of aromatic nitrogens is 5. The maximum Gasteiger partial charge on any atom is 0.413 e. The highest BCUT2D eigenvalue weighted by atomic mass is 19.3. The van der Waals surface area contributed by atoms with E-state index in [9.17, 15) is 28.6 Å². The van der Waals surface area contributed by atoms with Crippen molar-refractivity contribution in [1.82, 2.24) is 29.8 Å². The molecule has 1 saturated heterocycles. The number of amides is 1. The minimum atomic E-state index is -3.07. The van der Waals surface area contributed by atoms with E-state index in [1.807, 2.05) is 0 Å². The zero-order chi connectivity index (χ0) is 34.9. The summed E-state index contributed by atoms with van der Waals surface area (Å²) in [4.78, 5) is 42.1. The van der Waals surface area contributed by atoms with E-state index < -0.39 is 59.5 Å². The number of aliphatic carboxylic acids is 1. The number of nitrogens with one attached hydrogen (secondary N) is 1. The molecule has 48 heavy (non-hydrogen) atoms. The molecular weight excluding hydrogens is 642 g/mol. The number of piperidine rings is 1. The van der Waals surface area contributed by atoms with Crippen molar-refractivity contribution < 1.29 is 42.1 Å². The van der Waals surface area contributed by atoms with E-state index in [1.54, 1.807) is 23.3 Å². The number of nitrogen functional groups attached to an aromatic ring is 1. The third-order valence-corrected chi connectivity index (χ3v) is 8.17. The van der Waals surface area contributed by atoms with Crippen LogP contribution in [0.2, 0.25) is 0 Å². The largest absolute Gasteiger partial charge is 0.480 e. The van der Waals surface area contributed by atoms with E-state index >= 15 is 8.78 Å². The quantitative estimate of drug-likeness (QED) is 0.154. The number of carbonyl (C=O) groups is 2. The van der Waals surface area contributed by atoms with Crippen LogP contribution in [0, 0.1) is 17.6 Å². The second-order valence-electron chi connectivity index (χ2n) is 11.9. The number of carboxylic acids is 1. The minimum Gasteiger partial charge on any atom is -0.480 e. The monoisotopic (exact) mass is 675 g/mol. The molecule has 3 aromatic heterocycles. The summed E-state index contributed by atoms with van der Waals surface area (Å²) in [7, 11) is 0. The maximum atomic E-state index is 15.5. The molecule has 4 aromatic rings. The number of fused-ring (bicyclic) bond motifs is 1. The van der Waals surface area contributed by atoms with E-state index in [-0.39, 0.29) is 36.6 Å². The van der Waals surface area contributed by atoms with Gasteiger partial charge in [-0.2, -0.15) is 0 Å². The number of rotatable bonds is 10. The SMILES string of the molecule is CC(C)[C@H](NC(=O)Oc1cc(F)c(-c2cc(Cn3cnc4c(N)ncnc43)c(N3CCC[C@](N)([C@H](O)C(F)F)C3)cn2)cc1F)C(=O)O. The molecule has 1 aliphatic heterocycles. The number of imidazole rings is 1. The Balaban J connectivity index is 1.51. The predicted octanol–water partition coefficient (Wildman–Crippen LogP) is 2.92. The number of benzene rings is 1. The number of carboxylic acid groups (broad SMARTS) is 1. The lowest BCUT2D eigenvalue weighted by atomic mass is 9.84. The third kappa shape index (κ3) is 6.93. The smallest absolute Gasteiger partial charge is 0.413 e. The zero-order valence-corrected chi connectivity index (χ0v) is 25.8. The number of anilines is 2. The number of alkyl halides is 2. The van der Waals surface area contributed by atoms with E-state index in [0.29, 0.717) is 41.4 Å². The standard InChI is InChI=1S/C30H33F4N9O5/c1-14(2)22(28(45)46)41-29(47)48-21-8-17(31)16(7-18(21)32)19-6-15(10-43-13-40-23-26(35)38-12-39-27(23)43)20(9-37-19)42-5-3-4-30(36,11-42)24(44)25(33)34/h6-9,12-14,22,24-25,44H,3-5,10-11,36H2,1-2H3,(H,41,47)(H,45,46)(H2,35,38,39)/t22-,24+,30+/m0/s1. The molecule has 0 radical (unpaired) electrons. The Hall–Kier alpha value is -5.10. The molecule has 7 N–H and O–H groups in total. The number of pyridine rings is 1. The molecule has 0 saturated carbocycles. The number of nitrogens with two attached hydrogens (primary N) is 2. The van der Waals surface area contributed by atoms with Gasteiger partial charge >= 0.3 is 12.1 Å².